The number of hydrogen-bond acceptors (Lipinski definition) is 4. The van der Waals surface area contributed by atoms with Crippen LogP contribution in [-0.4, -0.2) is 11.1 Å². The van der Waals surface area contributed by atoms with Crippen LogP contribution in [0.1, 0.15) is 12.2 Å². The molecule has 0 saturated heterocycles. The summed E-state index contributed by atoms with van der Waals surface area (Å²) in [5.41, 5.74) is 1.93. The molecule has 1 aliphatic rings. The number of hydrogen-bond donors (Lipinski definition) is 0. The van der Waals surface area contributed by atoms with Crippen LogP contribution in [0.5, 0.6) is 0 Å². The van der Waals surface area contributed by atoms with E-state index in [1.807, 2.05) is 12.2 Å². The third-order valence-electron chi connectivity index (χ3n) is 3.08. The fourth-order valence-corrected chi connectivity index (χ4v) is 1.97. The van der Waals surface area contributed by atoms with Crippen LogP contribution in [0.3, 0.4) is 0 Å². The fourth-order valence-electron chi connectivity index (χ4n) is 1.97. The standard InChI is InChI=1S/C16H12FNO3/c17-13-7-5-11(6-8-13)15-9-14(21-18-15)10-20-16(19)12-3-1-2-4-12/h1-3,5-9H,4,10H2. The van der Waals surface area contributed by atoms with Crippen LogP contribution in [0.2, 0.25) is 0 Å². The predicted octanol–water partition coefficient (Wildman–Crippen LogP) is 3.41. The average molecular weight is 285 g/mol. The van der Waals surface area contributed by atoms with Crippen molar-refractivity contribution in [2.45, 2.75) is 13.0 Å². The molecule has 0 saturated carbocycles. The smallest absolute Gasteiger partial charge is 0.334 e. The number of rotatable bonds is 4. The first-order valence-corrected chi connectivity index (χ1v) is 6.47. The molecule has 4 nitrogen and oxygen atoms in total. The lowest BCUT2D eigenvalue weighted by Gasteiger charge is -2.01. The van der Waals surface area contributed by atoms with Gasteiger partial charge in [0.05, 0.1) is 0 Å². The van der Waals surface area contributed by atoms with Gasteiger partial charge in [-0.15, -0.1) is 0 Å². The lowest BCUT2D eigenvalue weighted by Crippen LogP contribution is -2.06. The van der Waals surface area contributed by atoms with Gasteiger partial charge in [-0.25, -0.2) is 9.18 Å². The third kappa shape index (κ3) is 3.08. The summed E-state index contributed by atoms with van der Waals surface area (Å²) >= 11 is 0. The Morgan fingerprint density at radius 3 is 2.86 bits per heavy atom. The lowest BCUT2D eigenvalue weighted by molar-refractivity contribution is -0.140. The van der Waals surface area contributed by atoms with E-state index in [9.17, 15) is 9.18 Å². The summed E-state index contributed by atoms with van der Waals surface area (Å²) in [6.07, 6.45) is 6.03. The lowest BCUT2D eigenvalue weighted by atomic mass is 10.1. The Hall–Kier alpha value is -2.69. The minimum absolute atomic E-state index is 0.0182. The van der Waals surface area contributed by atoms with Crippen molar-refractivity contribution in [3.05, 3.63) is 65.7 Å². The maximum absolute atomic E-state index is 12.9. The first-order valence-electron chi connectivity index (χ1n) is 6.47. The molecule has 3 rings (SSSR count). The Labute approximate surface area is 120 Å². The second kappa shape index (κ2) is 5.75. The number of esters is 1. The first kappa shape index (κ1) is 13.3. The molecule has 0 aliphatic heterocycles. The zero-order valence-corrected chi connectivity index (χ0v) is 11.1. The molecule has 1 aromatic heterocycles. The maximum atomic E-state index is 12.9. The number of ether oxygens (including phenoxy) is 1. The summed E-state index contributed by atoms with van der Waals surface area (Å²) in [5.74, 6) is -0.233. The Morgan fingerprint density at radius 2 is 2.14 bits per heavy atom. The highest BCUT2D eigenvalue weighted by Crippen LogP contribution is 2.20. The van der Waals surface area contributed by atoms with Crippen LogP contribution in [0, 0.1) is 5.82 Å². The van der Waals surface area contributed by atoms with E-state index in [4.69, 9.17) is 9.26 Å². The molecule has 1 aromatic carbocycles. The van der Waals surface area contributed by atoms with E-state index >= 15 is 0 Å². The number of allylic oxidation sites excluding steroid dienone is 3. The SMILES string of the molecule is O=C(OCc1cc(-c2ccc(F)cc2)no1)C1=CC=CC1. The minimum Gasteiger partial charge on any atom is -0.454 e. The van der Waals surface area contributed by atoms with Gasteiger partial charge < -0.3 is 9.26 Å². The van der Waals surface area contributed by atoms with Crippen LogP contribution < -0.4 is 0 Å². The van der Waals surface area contributed by atoms with Gasteiger partial charge in [0.1, 0.15) is 11.5 Å². The predicted molar refractivity (Wildman–Crippen MR) is 73.5 cm³/mol. The molecule has 1 heterocycles. The molecule has 0 N–H and O–H groups in total. The Kier molecular flexibility index (Phi) is 3.64. The van der Waals surface area contributed by atoms with Gasteiger partial charge in [-0.1, -0.05) is 23.4 Å². The highest BCUT2D eigenvalue weighted by molar-refractivity contribution is 5.89. The molecule has 5 heteroatoms. The van der Waals surface area contributed by atoms with Crippen molar-refractivity contribution in [1.29, 1.82) is 0 Å². The van der Waals surface area contributed by atoms with Crippen molar-refractivity contribution >= 4 is 5.97 Å². The molecule has 2 aromatic rings. The Morgan fingerprint density at radius 1 is 1.33 bits per heavy atom. The second-order valence-corrected chi connectivity index (χ2v) is 4.59. The van der Waals surface area contributed by atoms with Crippen LogP contribution >= 0.6 is 0 Å². The zero-order valence-electron chi connectivity index (χ0n) is 11.1. The zero-order chi connectivity index (χ0) is 14.7. The van der Waals surface area contributed by atoms with Gasteiger partial charge in [0.2, 0.25) is 0 Å². The first-order chi connectivity index (χ1) is 10.2. The highest BCUT2D eigenvalue weighted by Gasteiger charge is 2.13. The average Bonchev–Trinajstić information content (AvgIpc) is 3.17. The monoisotopic (exact) mass is 285 g/mol. The molecule has 1 aliphatic carbocycles. The summed E-state index contributed by atoms with van der Waals surface area (Å²) < 4.78 is 23.1. The van der Waals surface area contributed by atoms with Gasteiger partial charge in [-0.05, 0) is 30.7 Å². The second-order valence-electron chi connectivity index (χ2n) is 4.59. The van der Waals surface area contributed by atoms with Crippen molar-refractivity contribution in [3.8, 4) is 11.3 Å². The van der Waals surface area contributed by atoms with Crippen LogP contribution in [0.15, 0.2) is 58.7 Å². The quantitative estimate of drug-likeness (QED) is 0.808. The molecule has 0 fully saturated rings. The fraction of sp³-hybridized carbons (Fsp3) is 0.125. The molecular weight excluding hydrogens is 273 g/mol. The van der Waals surface area contributed by atoms with Gasteiger partial charge >= 0.3 is 5.97 Å². The highest BCUT2D eigenvalue weighted by atomic mass is 19.1. The van der Waals surface area contributed by atoms with Crippen LogP contribution in [-0.2, 0) is 16.1 Å². The van der Waals surface area contributed by atoms with Crippen molar-refractivity contribution in [2.24, 2.45) is 0 Å². The number of halogens is 1. The number of carbonyl (C=O) groups is 1. The largest absolute Gasteiger partial charge is 0.454 e. The van der Waals surface area contributed by atoms with E-state index in [-0.39, 0.29) is 18.4 Å². The number of benzene rings is 1. The van der Waals surface area contributed by atoms with E-state index in [2.05, 4.69) is 5.16 Å². The molecule has 106 valence electrons. The molecule has 0 unspecified atom stereocenters. The Bertz CT molecular complexity index is 713. The maximum Gasteiger partial charge on any atom is 0.334 e. The molecule has 21 heavy (non-hydrogen) atoms. The van der Waals surface area contributed by atoms with E-state index in [0.29, 0.717) is 23.4 Å². The van der Waals surface area contributed by atoms with Crippen molar-refractivity contribution < 1.29 is 18.4 Å². The minimum atomic E-state index is -0.361. The van der Waals surface area contributed by atoms with Gasteiger partial charge in [0.25, 0.3) is 0 Å². The normalized spacial score (nSPS) is 13.3. The van der Waals surface area contributed by atoms with E-state index < -0.39 is 0 Å². The summed E-state index contributed by atoms with van der Waals surface area (Å²) in [4.78, 5) is 11.7. The van der Waals surface area contributed by atoms with Crippen LogP contribution in [0.4, 0.5) is 4.39 Å². The topological polar surface area (TPSA) is 52.3 Å². The van der Waals surface area contributed by atoms with Crippen LogP contribution in [0.25, 0.3) is 11.3 Å². The van der Waals surface area contributed by atoms with E-state index in [1.165, 1.54) is 12.1 Å². The molecule has 0 spiro atoms. The summed E-state index contributed by atoms with van der Waals surface area (Å²) in [7, 11) is 0. The Balaban J connectivity index is 1.62. The summed E-state index contributed by atoms with van der Waals surface area (Å²) in [5, 5.41) is 3.88. The number of aromatic nitrogens is 1. The third-order valence-corrected chi connectivity index (χ3v) is 3.08. The van der Waals surface area contributed by atoms with Crippen molar-refractivity contribution in [3.63, 3.8) is 0 Å². The molecule has 0 bridgehead atoms. The van der Waals surface area contributed by atoms with Crippen molar-refractivity contribution in [2.75, 3.05) is 0 Å². The molecule has 0 atom stereocenters. The van der Waals surface area contributed by atoms with Gasteiger partial charge in [0.15, 0.2) is 12.4 Å². The molecule has 0 radical (unpaired) electrons. The summed E-state index contributed by atoms with van der Waals surface area (Å²) in [6.45, 7) is 0.0182. The molecule has 0 amide bonds. The summed E-state index contributed by atoms with van der Waals surface area (Å²) in [6, 6.07) is 7.59. The van der Waals surface area contributed by atoms with Gasteiger partial charge in [0, 0.05) is 17.2 Å². The van der Waals surface area contributed by atoms with Crippen molar-refractivity contribution in [1.82, 2.24) is 5.16 Å². The van der Waals surface area contributed by atoms with E-state index in [0.717, 1.165) is 5.56 Å². The number of carbonyl (C=O) groups excluding carboxylic acids is 1. The van der Waals surface area contributed by atoms with Gasteiger partial charge in [-0.2, -0.15) is 0 Å². The van der Waals surface area contributed by atoms with Gasteiger partial charge in [-0.3, -0.25) is 0 Å². The van der Waals surface area contributed by atoms with E-state index in [1.54, 1.807) is 24.3 Å². The number of nitrogens with zero attached hydrogens (tertiary/aromatic N) is 1. The molecular formula is C16H12FNO3.